The molecule has 6 N–H and O–H groups in total. The molecular formula is C40H59N4O4+. The van der Waals surface area contributed by atoms with Crippen LogP contribution in [-0.2, 0) is 38.1 Å². The molecule has 4 unspecified atom stereocenters. The van der Waals surface area contributed by atoms with Crippen molar-refractivity contribution in [3.8, 4) is 0 Å². The fraction of sp³-hybridized carbons (Fsp3) is 0.600. The highest BCUT2D eigenvalue weighted by molar-refractivity contribution is 5.92. The Labute approximate surface area is 287 Å². The number of aldehydes is 1. The van der Waals surface area contributed by atoms with E-state index in [4.69, 9.17) is 21.4 Å². The van der Waals surface area contributed by atoms with E-state index >= 15 is 0 Å². The molecular weight excluding hydrogens is 600 g/mol. The summed E-state index contributed by atoms with van der Waals surface area (Å²) in [5, 5.41) is 9.97. The molecule has 2 aromatic rings. The number of anilines is 2. The van der Waals surface area contributed by atoms with Crippen molar-refractivity contribution < 1.29 is 24.1 Å². The number of hydrogen-bond acceptors (Lipinski definition) is 6. The maximum Gasteiger partial charge on any atom is 0.392 e. The molecule has 0 aliphatic heterocycles. The van der Waals surface area contributed by atoms with E-state index in [1.807, 2.05) is 23.8 Å². The third-order valence-corrected chi connectivity index (χ3v) is 12.6. The van der Waals surface area contributed by atoms with Crippen LogP contribution in [0.15, 0.2) is 36.4 Å². The second-order valence-electron chi connectivity index (χ2n) is 15.5. The zero-order chi connectivity index (χ0) is 35.5. The van der Waals surface area contributed by atoms with E-state index in [9.17, 15) is 9.59 Å². The summed E-state index contributed by atoms with van der Waals surface area (Å²) in [5.74, 6) is 0.800. The van der Waals surface area contributed by atoms with Crippen LogP contribution in [0.4, 0.5) is 11.4 Å². The minimum atomic E-state index is -0.413. The van der Waals surface area contributed by atoms with Crippen LogP contribution in [0.3, 0.4) is 0 Å². The zero-order valence-corrected chi connectivity index (χ0v) is 30.3. The number of aryl methyl sites for hydroxylation is 2. The average Bonchev–Trinajstić information content (AvgIpc) is 3.05. The van der Waals surface area contributed by atoms with Crippen molar-refractivity contribution in [2.24, 2.45) is 28.4 Å². The number of carbonyl (C=O) groups excluding carboxylic acids is 3. The molecule has 2 aromatic carbocycles. The summed E-state index contributed by atoms with van der Waals surface area (Å²) in [6.07, 6.45) is 13.6. The van der Waals surface area contributed by atoms with Gasteiger partial charge in [-0.2, -0.15) is 4.58 Å². The largest absolute Gasteiger partial charge is 0.400 e. The van der Waals surface area contributed by atoms with E-state index < -0.39 is 5.41 Å². The molecule has 6 atom stereocenters. The Balaban J connectivity index is 0.000000986. The van der Waals surface area contributed by atoms with Gasteiger partial charge in [0.1, 0.15) is 13.3 Å². The Morgan fingerprint density at radius 1 is 0.896 bits per heavy atom. The Bertz CT molecular complexity index is 1550. The summed E-state index contributed by atoms with van der Waals surface area (Å²) < 4.78 is 2.00. The molecule has 2 amide bonds. The number of nitrogens with two attached hydrogens (primary N) is 2. The first-order chi connectivity index (χ1) is 22.8. The summed E-state index contributed by atoms with van der Waals surface area (Å²) in [6, 6.07) is 12.8. The number of nitrogen functional groups attached to an aromatic ring is 1. The van der Waals surface area contributed by atoms with Crippen LogP contribution < -0.4 is 16.8 Å². The number of benzene rings is 2. The smallest absolute Gasteiger partial charge is 0.392 e. The first-order valence-corrected chi connectivity index (χ1v) is 17.8. The highest BCUT2D eigenvalue weighted by Gasteiger charge is 2.59. The van der Waals surface area contributed by atoms with Crippen molar-refractivity contribution in [3.05, 3.63) is 58.7 Å². The first-order valence-electron chi connectivity index (χ1n) is 17.8. The number of hydrogen-bond donors (Lipinski definition) is 4. The highest BCUT2D eigenvalue weighted by Crippen LogP contribution is 2.59. The molecule has 8 nitrogen and oxygen atoms in total. The lowest BCUT2D eigenvalue weighted by Crippen LogP contribution is -2.55. The summed E-state index contributed by atoms with van der Waals surface area (Å²) in [4.78, 5) is 35.5. The molecule has 0 saturated heterocycles. The van der Waals surface area contributed by atoms with Crippen molar-refractivity contribution >= 4 is 35.7 Å². The lowest BCUT2D eigenvalue weighted by molar-refractivity contribution is -0.431. The Morgan fingerprint density at radius 2 is 1.44 bits per heavy atom. The normalized spacial score (nSPS) is 31.9. The minimum absolute atomic E-state index is 0.0231. The summed E-state index contributed by atoms with van der Waals surface area (Å²) >= 11 is 0. The third kappa shape index (κ3) is 6.62. The second kappa shape index (κ2) is 14.6. The summed E-state index contributed by atoms with van der Waals surface area (Å²) in [5.41, 5.74) is 18.4. The Morgan fingerprint density at radius 3 is 2.06 bits per heavy atom. The number of aliphatic hydroxyl groups excluding tert-OH is 1. The number of fused-ring (bicyclic) bond motifs is 6. The fourth-order valence-electron chi connectivity index (χ4n) is 10.6. The van der Waals surface area contributed by atoms with Crippen LogP contribution in [0.25, 0.3) is 0 Å². The van der Waals surface area contributed by atoms with E-state index in [0.717, 1.165) is 89.0 Å². The number of rotatable bonds is 4. The quantitative estimate of drug-likeness (QED) is 0.139. The average molecular weight is 660 g/mol. The molecule has 6 rings (SSSR count). The number of amides is 2. The maximum absolute atomic E-state index is 14.6. The minimum Gasteiger partial charge on any atom is -0.400 e. The monoisotopic (exact) mass is 659 g/mol. The van der Waals surface area contributed by atoms with E-state index in [0.29, 0.717) is 11.8 Å². The van der Waals surface area contributed by atoms with Gasteiger partial charge in [0.05, 0.1) is 12.0 Å². The first kappa shape index (κ1) is 37.5. The number of nitrogens with one attached hydrogen (secondary N) is 1. The Hall–Kier alpha value is -3.36. The van der Waals surface area contributed by atoms with Gasteiger partial charge in [-0.05, 0) is 134 Å². The highest BCUT2D eigenvalue weighted by atomic mass is 16.2. The van der Waals surface area contributed by atoms with Gasteiger partial charge in [0.15, 0.2) is 6.21 Å². The van der Waals surface area contributed by atoms with E-state index in [-0.39, 0.29) is 34.6 Å². The molecule has 262 valence electrons. The van der Waals surface area contributed by atoms with Crippen LogP contribution in [0.5, 0.6) is 0 Å². The molecule has 2 saturated carbocycles. The van der Waals surface area contributed by atoms with Crippen molar-refractivity contribution in [3.63, 3.8) is 0 Å². The van der Waals surface area contributed by atoms with Gasteiger partial charge in [0.25, 0.3) is 0 Å². The van der Waals surface area contributed by atoms with E-state index in [1.165, 1.54) is 29.2 Å². The topological polar surface area (TPSA) is 139 Å². The summed E-state index contributed by atoms with van der Waals surface area (Å²) in [7, 11) is 3.02. The van der Waals surface area contributed by atoms with Gasteiger partial charge in [0.2, 0.25) is 5.91 Å². The molecule has 8 heteroatoms. The number of carbonyl (C=O) groups is 3. The van der Waals surface area contributed by atoms with E-state index in [2.05, 4.69) is 63.5 Å². The molecule has 48 heavy (non-hydrogen) atoms. The maximum atomic E-state index is 14.6. The Kier molecular flexibility index (Phi) is 11.4. The third-order valence-electron chi connectivity index (χ3n) is 12.6. The van der Waals surface area contributed by atoms with Crippen molar-refractivity contribution in [2.75, 3.05) is 31.8 Å². The van der Waals surface area contributed by atoms with Crippen molar-refractivity contribution in [2.45, 2.75) is 110 Å². The predicted octanol–water partition coefficient (Wildman–Crippen LogP) is 5.94. The van der Waals surface area contributed by atoms with Crippen LogP contribution in [-0.4, -0.2) is 54.7 Å². The molecule has 0 spiro atoms. The summed E-state index contributed by atoms with van der Waals surface area (Å²) in [6.45, 7) is 10.9. The fourth-order valence-corrected chi connectivity index (χ4v) is 10.6. The second-order valence-corrected chi connectivity index (χ2v) is 15.5. The lowest BCUT2D eigenvalue weighted by atomic mass is 9.49. The van der Waals surface area contributed by atoms with Crippen molar-refractivity contribution in [1.82, 2.24) is 0 Å². The predicted molar refractivity (Wildman–Crippen MR) is 194 cm³/mol. The molecule has 0 heterocycles. The zero-order valence-electron chi connectivity index (χ0n) is 30.3. The van der Waals surface area contributed by atoms with Gasteiger partial charge in [-0.25, -0.2) is 4.79 Å². The molecule has 0 aromatic heterocycles. The number of nitrogens with zero attached hydrogens (tertiary/aromatic N) is 1. The van der Waals surface area contributed by atoms with Crippen molar-refractivity contribution in [1.29, 1.82) is 0 Å². The molecule has 0 radical (unpaired) electrons. The number of aliphatic hydroxyl groups is 1. The van der Waals surface area contributed by atoms with Gasteiger partial charge < -0.3 is 26.7 Å². The standard InChI is InChI=1S/C37H50N4O2.C2H4O.CH4O/c1-34(16-6-17-35(2)29-21-27(40-32(42)22-38)13-9-25(29)10-14-30(34)35)23-41(5)33(43)37(4)19-7-18-36(3)28-20-26(39)12-8-24(28)11-15-31(36)37;1-2-3;1-2/h8-9,12-13,20-21,23,30-31H,6-7,10-11,14-19,22,38-39H2,1-5H3;2H,1H3;2H,1H3/p+1/t30?,31?,34-,35?,36?,37+;;/m1../s1. The van der Waals surface area contributed by atoms with Crippen LogP contribution in [0.2, 0.25) is 0 Å². The SMILES string of the molecule is CC=O.CO.C[N+](=C[C@@]1(C)CCCC2(C)c3cc(NC(=O)CN)ccc3CCC21)C(=O)[C@@]1(C)CCCC2(C)c3cc(N)ccc3CCC21. The van der Waals surface area contributed by atoms with Crippen LogP contribution >= 0.6 is 0 Å². The molecule has 4 aliphatic rings. The van der Waals surface area contributed by atoms with Gasteiger partial charge in [-0.15, -0.1) is 0 Å². The molecule has 4 aliphatic carbocycles. The van der Waals surface area contributed by atoms with Gasteiger partial charge >= 0.3 is 5.91 Å². The van der Waals surface area contributed by atoms with Gasteiger partial charge in [0, 0.05) is 23.9 Å². The van der Waals surface area contributed by atoms with E-state index in [1.54, 1.807) is 0 Å². The van der Waals surface area contributed by atoms with Crippen LogP contribution in [0.1, 0.15) is 108 Å². The van der Waals surface area contributed by atoms with Crippen LogP contribution in [0, 0.1) is 22.7 Å². The molecule has 2 fully saturated rings. The lowest BCUT2D eigenvalue weighted by Gasteiger charge is -2.54. The molecule has 0 bridgehead atoms. The van der Waals surface area contributed by atoms with Gasteiger partial charge in [-0.3, -0.25) is 4.79 Å². The van der Waals surface area contributed by atoms with Gasteiger partial charge in [-0.1, -0.05) is 45.7 Å².